The highest BCUT2D eigenvalue weighted by Gasteiger charge is 2.32. The number of anilines is 2. The number of benzene rings is 2. The van der Waals surface area contributed by atoms with Crippen LogP contribution in [0, 0.1) is 12.8 Å². The molecule has 56 heavy (non-hydrogen) atoms. The largest absolute Gasteiger partial charge is 0.490 e. The Balaban J connectivity index is 0.771. The number of hydrogen-bond acceptors (Lipinski definition) is 10. The van der Waals surface area contributed by atoms with Gasteiger partial charge in [-0.2, -0.15) is 19.8 Å². The van der Waals surface area contributed by atoms with E-state index in [0.717, 1.165) is 104 Å². The zero-order valence-electron chi connectivity index (χ0n) is 31.4. The fourth-order valence-corrected chi connectivity index (χ4v) is 8.90. The predicted molar refractivity (Wildman–Crippen MR) is 210 cm³/mol. The molecule has 15 nitrogen and oxygen atoms in total. The molecule has 6 heterocycles. The Labute approximate surface area is 323 Å². The molecule has 6 aromatic rings. The molecule has 2 aliphatic carbocycles. The highest BCUT2D eigenvalue weighted by Crippen LogP contribution is 2.37. The van der Waals surface area contributed by atoms with E-state index in [1.54, 1.807) is 16.9 Å². The molecule has 1 unspecified atom stereocenters. The summed E-state index contributed by atoms with van der Waals surface area (Å²) in [5.41, 5.74) is 4.98. The Kier molecular flexibility index (Phi) is 8.68. The molecule has 2 aliphatic heterocycles. The van der Waals surface area contributed by atoms with Crippen molar-refractivity contribution in [2.45, 2.75) is 76.5 Å². The molecule has 4 aliphatic rings. The van der Waals surface area contributed by atoms with Gasteiger partial charge in [-0.05, 0) is 88.1 Å². The molecule has 1 atom stereocenters. The number of carbonyl (C=O) groups excluding carboxylic acids is 3. The van der Waals surface area contributed by atoms with E-state index in [2.05, 4.69) is 47.5 Å². The lowest BCUT2D eigenvalue weighted by Gasteiger charge is -2.39. The van der Waals surface area contributed by atoms with Gasteiger partial charge >= 0.3 is 0 Å². The summed E-state index contributed by atoms with van der Waals surface area (Å²) < 4.78 is 11.8. The van der Waals surface area contributed by atoms with E-state index in [-0.39, 0.29) is 23.8 Å². The van der Waals surface area contributed by atoms with Crippen molar-refractivity contribution in [2.75, 3.05) is 42.9 Å². The molecular formula is C41H45N11O4. The van der Waals surface area contributed by atoms with Crippen molar-refractivity contribution >= 4 is 56.7 Å². The molecule has 0 bridgehead atoms. The number of nitrogens with zero attached hydrogens (tertiary/aromatic N) is 9. The zero-order valence-corrected chi connectivity index (χ0v) is 31.4. The van der Waals surface area contributed by atoms with Gasteiger partial charge in [-0.25, -0.2) is 4.98 Å². The van der Waals surface area contributed by atoms with Gasteiger partial charge in [-0.1, -0.05) is 6.07 Å². The van der Waals surface area contributed by atoms with Crippen molar-refractivity contribution in [3.05, 3.63) is 72.3 Å². The highest BCUT2D eigenvalue weighted by atomic mass is 16.5. The SMILES string of the molecule is Cc1nn(C2CCC(=O)NC2=O)c2cccc(N3CCN(CC4CCC(n5cc6cc(C(=O)Nc7cnc8cccnn78)c(OC7CC7)cc6n5)CC4)CC3)c12. The van der Waals surface area contributed by atoms with Crippen LogP contribution in [0.5, 0.6) is 5.75 Å². The minimum atomic E-state index is -0.475. The summed E-state index contributed by atoms with van der Waals surface area (Å²) in [6.45, 7) is 6.96. The maximum atomic E-state index is 13.6. The normalized spacial score (nSPS) is 22.2. The molecule has 4 aromatic heterocycles. The highest BCUT2D eigenvalue weighted by molar-refractivity contribution is 6.08. The van der Waals surface area contributed by atoms with Crippen LogP contribution >= 0.6 is 0 Å². The third-order valence-corrected chi connectivity index (χ3v) is 12.0. The van der Waals surface area contributed by atoms with E-state index in [1.165, 1.54) is 0 Å². The maximum Gasteiger partial charge on any atom is 0.260 e. The summed E-state index contributed by atoms with van der Waals surface area (Å²) in [5, 5.41) is 21.6. The Morgan fingerprint density at radius 1 is 0.964 bits per heavy atom. The van der Waals surface area contributed by atoms with Crippen molar-refractivity contribution in [1.82, 2.24) is 44.4 Å². The standard InChI is InChI=1S/C41H45N11O4/c1-25-39-32(4-2-5-33(39)51(46-25)34-13-14-38(53)45-41(34)55)49-18-16-48(17-19-49)23-26-7-9-28(10-8-26)50-24-27-20-30(35(21-31(27)47-50)56-29-11-12-29)40(54)44-37-22-42-36-6-3-15-43-52(36)37/h2-6,15,20-22,24,26,28-29,34H,7-14,16-19,23H2,1H3,(H,44,54)(H,45,53,55). The number of aryl methyl sites for hydroxylation is 1. The Hall–Kier alpha value is -5.83. The first-order chi connectivity index (χ1) is 27.3. The van der Waals surface area contributed by atoms with Crippen molar-refractivity contribution in [1.29, 1.82) is 0 Å². The summed E-state index contributed by atoms with van der Waals surface area (Å²) >= 11 is 0. The average Bonchev–Trinajstić information content (AvgIpc) is 3.63. The lowest BCUT2D eigenvalue weighted by Crippen LogP contribution is -2.48. The number of piperidine rings is 1. The summed E-state index contributed by atoms with van der Waals surface area (Å²) in [4.78, 5) is 47.5. The number of amides is 3. The minimum Gasteiger partial charge on any atom is -0.490 e. The fraction of sp³-hybridized carbons (Fsp3) is 0.439. The second-order valence-electron chi connectivity index (χ2n) is 15.9. The molecule has 4 fully saturated rings. The Morgan fingerprint density at radius 2 is 1.80 bits per heavy atom. The third-order valence-electron chi connectivity index (χ3n) is 12.0. The second-order valence-corrected chi connectivity index (χ2v) is 15.9. The van der Waals surface area contributed by atoms with Crippen LogP contribution < -0.4 is 20.3 Å². The molecule has 2 saturated heterocycles. The fourth-order valence-electron chi connectivity index (χ4n) is 8.90. The number of aromatic nitrogens is 7. The monoisotopic (exact) mass is 755 g/mol. The van der Waals surface area contributed by atoms with Crippen LogP contribution in [0.25, 0.3) is 27.5 Å². The quantitative estimate of drug-likeness (QED) is 0.191. The number of rotatable bonds is 9. The predicted octanol–water partition coefficient (Wildman–Crippen LogP) is 5.06. The van der Waals surface area contributed by atoms with Gasteiger partial charge in [0.2, 0.25) is 5.91 Å². The molecule has 2 N–H and O–H groups in total. The van der Waals surface area contributed by atoms with Crippen LogP contribution in [0.2, 0.25) is 0 Å². The first-order valence-electron chi connectivity index (χ1n) is 19.9. The van der Waals surface area contributed by atoms with Gasteiger partial charge in [-0.15, -0.1) is 0 Å². The van der Waals surface area contributed by atoms with Gasteiger partial charge in [0.1, 0.15) is 11.8 Å². The molecule has 3 amide bonds. The Morgan fingerprint density at radius 3 is 2.61 bits per heavy atom. The number of imide groups is 1. The van der Waals surface area contributed by atoms with Crippen LogP contribution in [0.15, 0.2) is 61.1 Å². The van der Waals surface area contributed by atoms with Gasteiger partial charge < -0.3 is 15.0 Å². The first-order valence-corrected chi connectivity index (χ1v) is 19.9. The topological polar surface area (TPSA) is 157 Å². The average molecular weight is 756 g/mol. The minimum absolute atomic E-state index is 0.132. The van der Waals surface area contributed by atoms with Crippen molar-refractivity contribution in [3.63, 3.8) is 0 Å². The molecule has 0 radical (unpaired) electrons. The van der Waals surface area contributed by atoms with Gasteiger partial charge in [0.05, 0.1) is 40.6 Å². The van der Waals surface area contributed by atoms with E-state index in [4.69, 9.17) is 14.9 Å². The summed E-state index contributed by atoms with van der Waals surface area (Å²) in [7, 11) is 0. The number of imidazole rings is 1. The van der Waals surface area contributed by atoms with Crippen LogP contribution in [0.1, 0.15) is 79.5 Å². The van der Waals surface area contributed by atoms with Gasteiger partial charge in [0, 0.05) is 74.1 Å². The number of nitrogens with one attached hydrogen (secondary N) is 2. The van der Waals surface area contributed by atoms with Gasteiger partial charge in [0.15, 0.2) is 11.5 Å². The molecule has 2 saturated carbocycles. The van der Waals surface area contributed by atoms with Crippen molar-refractivity contribution in [2.24, 2.45) is 5.92 Å². The molecule has 288 valence electrons. The second kappa shape index (κ2) is 14.0. The van der Waals surface area contributed by atoms with Crippen LogP contribution in [0.4, 0.5) is 11.5 Å². The first kappa shape index (κ1) is 34.6. The van der Waals surface area contributed by atoms with E-state index < -0.39 is 6.04 Å². The molecule has 10 rings (SSSR count). The lowest BCUT2D eigenvalue weighted by atomic mass is 9.85. The van der Waals surface area contributed by atoms with E-state index in [9.17, 15) is 14.4 Å². The smallest absolute Gasteiger partial charge is 0.260 e. The maximum absolute atomic E-state index is 13.6. The zero-order chi connectivity index (χ0) is 37.9. The van der Waals surface area contributed by atoms with E-state index in [1.807, 2.05) is 48.0 Å². The molecule has 15 heteroatoms. The number of piperazine rings is 1. The van der Waals surface area contributed by atoms with Gasteiger partial charge in [-0.3, -0.25) is 34.0 Å². The number of carbonyl (C=O) groups is 3. The van der Waals surface area contributed by atoms with Crippen LogP contribution in [0.3, 0.4) is 0 Å². The molecule has 0 spiro atoms. The lowest BCUT2D eigenvalue weighted by molar-refractivity contribution is -0.135. The number of fused-ring (bicyclic) bond motifs is 3. The summed E-state index contributed by atoms with van der Waals surface area (Å²) in [5.74, 6) is 0.938. The van der Waals surface area contributed by atoms with Crippen molar-refractivity contribution < 1.29 is 19.1 Å². The van der Waals surface area contributed by atoms with Gasteiger partial charge in [0.25, 0.3) is 11.8 Å². The summed E-state index contributed by atoms with van der Waals surface area (Å²) in [6, 6.07) is 13.6. The molecular weight excluding hydrogens is 711 g/mol. The molecule has 2 aromatic carbocycles. The van der Waals surface area contributed by atoms with Crippen LogP contribution in [-0.4, -0.2) is 95.6 Å². The number of ether oxygens (including phenoxy) is 1. The third kappa shape index (κ3) is 6.52. The van der Waals surface area contributed by atoms with Crippen molar-refractivity contribution in [3.8, 4) is 5.75 Å². The van der Waals surface area contributed by atoms with Crippen LogP contribution in [-0.2, 0) is 9.59 Å². The van der Waals surface area contributed by atoms with E-state index in [0.29, 0.717) is 47.6 Å². The Bertz CT molecular complexity index is 2480. The van der Waals surface area contributed by atoms with E-state index >= 15 is 0 Å². The summed E-state index contributed by atoms with van der Waals surface area (Å²) in [6.07, 6.45) is 12.7. The number of hydrogen-bond donors (Lipinski definition) is 2.